The number of aliphatic hydroxyl groups excluding tert-OH is 1. The molecule has 1 aliphatic heterocycles. The van der Waals surface area contributed by atoms with Crippen LogP contribution in [0, 0.1) is 0 Å². The Labute approximate surface area is 82.9 Å². The van der Waals surface area contributed by atoms with Crippen molar-refractivity contribution in [2.24, 2.45) is 7.05 Å². The lowest BCUT2D eigenvalue weighted by Gasteiger charge is -2.12. The molecule has 78 valence electrons. The molecule has 2 heterocycles. The van der Waals surface area contributed by atoms with Gasteiger partial charge in [0.05, 0.1) is 19.3 Å². The Bertz CT molecular complexity index is 300. The zero-order chi connectivity index (χ0) is 9.97. The van der Waals surface area contributed by atoms with Crippen LogP contribution in [0.3, 0.4) is 0 Å². The van der Waals surface area contributed by atoms with Crippen molar-refractivity contribution in [3.05, 3.63) is 18.2 Å². The number of rotatable bonds is 3. The summed E-state index contributed by atoms with van der Waals surface area (Å²) in [6, 6.07) is 0. The van der Waals surface area contributed by atoms with Gasteiger partial charge in [0.15, 0.2) is 0 Å². The fourth-order valence-electron chi connectivity index (χ4n) is 1.55. The standard InChI is InChI=1S/C9H15N3O2/c1-11-5-3-10-9(11)2-4-12-6-8(13)7-14-12/h3,5,8,13H,2,4,6-7H2,1H3. The molecule has 0 radical (unpaired) electrons. The molecular formula is C9H15N3O2. The maximum Gasteiger partial charge on any atom is 0.109 e. The molecule has 1 atom stereocenters. The van der Waals surface area contributed by atoms with Gasteiger partial charge in [-0.05, 0) is 0 Å². The summed E-state index contributed by atoms with van der Waals surface area (Å²) >= 11 is 0. The van der Waals surface area contributed by atoms with E-state index < -0.39 is 0 Å². The number of β-amino-alcohol motifs (C(OH)–C–C–N with tert-alkyl or cyclic N) is 1. The molecule has 1 aromatic heterocycles. The zero-order valence-corrected chi connectivity index (χ0v) is 8.26. The summed E-state index contributed by atoms with van der Waals surface area (Å²) in [4.78, 5) is 9.46. The average molecular weight is 197 g/mol. The molecule has 0 aliphatic carbocycles. The third-order valence-corrected chi connectivity index (χ3v) is 2.37. The van der Waals surface area contributed by atoms with Crippen molar-refractivity contribution in [3.63, 3.8) is 0 Å². The Morgan fingerprint density at radius 1 is 1.71 bits per heavy atom. The van der Waals surface area contributed by atoms with Gasteiger partial charge in [-0.3, -0.25) is 4.84 Å². The van der Waals surface area contributed by atoms with E-state index in [4.69, 9.17) is 4.84 Å². The summed E-state index contributed by atoms with van der Waals surface area (Å²) in [6.45, 7) is 1.80. The van der Waals surface area contributed by atoms with E-state index in [9.17, 15) is 5.11 Å². The number of hydrogen-bond acceptors (Lipinski definition) is 4. The predicted molar refractivity (Wildman–Crippen MR) is 50.4 cm³/mol. The van der Waals surface area contributed by atoms with Crippen LogP contribution in [-0.4, -0.2) is 45.5 Å². The highest BCUT2D eigenvalue weighted by Gasteiger charge is 2.20. The summed E-state index contributed by atoms with van der Waals surface area (Å²) in [5, 5.41) is 11.0. The molecule has 0 aromatic carbocycles. The van der Waals surface area contributed by atoms with Crippen LogP contribution in [0.5, 0.6) is 0 Å². The highest BCUT2D eigenvalue weighted by atomic mass is 16.7. The first-order valence-electron chi connectivity index (χ1n) is 4.78. The van der Waals surface area contributed by atoms with Crippen LogP contribution >= 0.6 is 0 Å². The maximum absolute atomic E-state index is 9.22. The van der Waals surface area contributed by atoms with Crippen LogP contribution in [-0.2, 0) is 18.3 Å². The fraction of sp³-hybridized carbons (Fsp3) is 0.667. The van der Waals surface area contributed by atoms with E-state index in [2.05, 4.69) is 4.98 Å². The molecule has 1 N–H and O–H groups in total. The SMILES string of the molecule is Cn1ccnc1CCN1CC(O)CO1. The molecule has 1 saturated heterocycles. The summed E-state index contributed by atoms with van der Waals surface area (Å²) in [5.41, 5.74) is 0. The third-order valence-electron chi connectivity index (χ3n) is 2.37. The van der Waals surface area contributed by atoms with E-state index in [1.807, 2.05) is 17.8 Å². The Hall–Kier alpha value is -0.910. The summed E-state index contributed by atoms with van der Waals surface area (Å²) < 4.78 is 1.99. The summed E-state index contributed by atoms with van der Waals surface area (Å²) in [5.74, 6) is 1.04. The largest absolute Gasteiger partial charge is 0.389 e. The van der Waals surface area contributed by atoms with Crippen molar-refractivity contribution in [3.8, 4) is 0 Å². The zero-order valence-electron chi connectivity index (χ0n) is 8.26. The molecule has 1 aliphatic rings. The highest BCUT2D eigenvalue weighted by Crippen LogP contribution is 2.06. The fourth-order valence-corrected chi connectivity index (χ4v) is 1.55. The molecule has 0 saturated carbocycles. The molecule has 5 nitrogen and oxygen atoms in total. The summed E-state index contributed by atoms with van der Waals surface area (Å²) in [7, 11) is 1.97. The minimum atomic E-state index is -0.337. The van der Waals surface area contributed by atoms with Crippen LogP contribution in [0.25, 0.3) is 0 Å². The van der Waals surface area contributed by atoms with Crippen LogP contribution in [0.2, 0.25) is 0 Å². The maximum atomic E-state index is 9.22. The van der Waals surface area contributed by atoms with Crippen LogP contribution in [0.15, 0.2) is 12.4 Å². The smallest absolute Gasteiger partial charge is 0.109 e. The van der Waals surface area contributed by atoms with E-state index in [0.29, 0.717) is 13.2 Å². The van der Waals surface area contributed by atoms with Crippen LogP contribution in [0.4, 0.5) is 0 Å². The van der Waals surface area contributed by atoms with Gasteiger partial charge in [0, 0.05) is 32.4 Å². The first-order chi connectivity index (χ1) is 6.75. The van der Waals surface area contributed by atoms with Gasteiger partial charge in [0.2, 0.25) is 0 Å². The molecule has 14 heavy (non-hydrogen) atoms. The molecule has 0 bridgehead atoms. The van der Waals surface area contributed by atoms with Crippen LogP contribution < -0.4 is 0 Å². The Morgan fingerprint density at radius 2 is 2.57 bits per heavy atom. The average Bonchev–Trinajstić information content (AvgIpc) is 2.72. The van der Waals surface area contributed by atoms with Gasteiger partial charge < -0.3 is 9.67 Å². The second-order valence-electron chi connectivity index (χ2n) is 3.54. The van der Waals surface area contributed by atoms with Crippen molar-refractivity contribution in [2.75, 3.05) is 19.7 Å². The van der Waals surface area contributed by atoms with E-state index in [1.54, 1.807) is 11.3 Å². The molecule has 1 unspecified atom stereocenters. The van der Waals surface area contributed by atoms with Crippen molar-refractivity contribution in [2.45, 2.75) is 12.5 Å². The molecule has 1 fully saturated rings. The number of aryl methyl sites for hydroxylation is 1. The van der Waals surface area contributed by atoms with Gasteiger partial charge in [-0.1, -0.05) is 0 Å². The minimum absolute atomic E-state index is 0.337. The molecule has 0 spiro atoms. The second-order valence-corrected chi connectivity index (χ2v) is 3.54. The number of aromatic nitrogens is 2. The number of hydroxylamine groups is 2. The monoisotopic (exact) mass is 197 g/mol. The molecular weight excluding hydrogens is 182 g/mol. The molecule has 0 amide bonds. The highest BCUT2D eigenvalue weighted by molar-refractivity contribution is 4.91. The van der Waals surface area contributed by atoms with E-state index in [0.717, 1.165) is 18.8 Å². The number of hydrogen-bond donors (Lipinski definition) is 1. The van der Waals surface area contributed by atoms with Gasteiger partial charge in [0.25, 0.3) is 0 Å². The van der Waals surface area contributed by atoms with Gasteiger partial charge in [0.1, 0.15) is 5.82 Å². The number of aliphatic hydroxyl groups is 1. The van der Waals surface area contributed by atoms with Gasteiger partial charge >= 0.3 is 0 Å². The van der Waals surface area contributed by atoms with Gasteiger partial charge in [-0.15, -0.1) is 0 Å². The van der Waals surface area contributed by atoms with Gasteiger partial charge in [-0.2, -0.15) is 5.06 Å². The Kier molecular flexibility index (Phi) is 2.81. The first kappa shape index (κ1) is 9.64. The van der Waals surface area contributed by atoms with Crippen LogP contribution in [0.1, 0.15) is 5.82 Å². The Morgan fingerprint density at radius 3 is 3.14 bits per heavy atom. The molecule has 2 rings (SSSR count). The van der Waals surface area contributed by atoms with E-state index in [-0.39, 0.29) is 6.10 Å². The van der Waals surface area contributed by atoms with E-state index >= 15 is 0 Å². The third kappa shape index (κ3) is 2.12. The Balaban J connectivity index is 1.80. The number of imidazole rings is 1. The van der Waals surface area contributed by atoms with Gasteiger partial charge in [-0.25, -0.2) is 4.98 Å². The van der Waals surface area contributed by atoms with Crippen molar-refractivity contribution >= 4 is 0 Å². The lowest BCUT2D eigenvalue weighted by molar-refractivity contribution is -0.109. The first-order valence-corrected chi connectivity index (χ1v) is 4.78. The number of nitrogens with zero attached hydrogens (tertiary/aromatic N) is 3. The molecule has 5 heteroatoms. The van der Waals surface area contributed by atoms with E-state index in [1.165, 1.54) is 0 Å². The normalized spacial score (nSPS) is 23.1. The van der Waals surface area contributed by atoms with Crippen molar-refractivity contribution < 1.29 is 9.94 Å². The molecule has 1 aromatic rings. The summed E-state index contributed by atoms with van der Waals surface area (Å²) in [6.07, 6.45) is 4.22. The predicted octanol–water partition coefficient (Wildman–Crippen LogP) is -0.429. The topological polar surface area (TPSA) is 50.5 Å². The van der Waals surface area contributed by atoms with Crippen molar-refractivity contribution in [1.82, 2.24) is 14.6 Å². The lowest BCUT2D eigenvalue weighted by atomic mass is 10.3. The van der Waals surface area contributed by atoms with Crippen molar-refractivity contribution in [1.29, 1.82) is 0 Å². The quantitative estimate of drug-likeness (QED) is 0.714. The lowest BCUT2D eigenvalue weighted by Crippen LogP contribution is -2.24. The second kappa shape index (κ2) is 4.08. The minimum Gasteiger partial charge on any atom is -0.389 e.